The second-order valence-electron chi connectivity index (χ2n) is 13.2. The highest BCUT2D eigenvalue weighted by Crippen LogP contribution is 2.29. The molecule has 1 heterocycles. The fraction of sp³-hybridized carbons (Fsp3) is 0.600. The van der Waals surface area contributed by atoms with Gasteiger partial charge in [-0.05, 0) is 99.7 Å². The largest absolute Gasteiger partial charge is 0.382 e. The van der Waals surface area contributed by atoms with Gasteiger partial charge in [0.2, 0.25) is 5.91 Å². The molecule has 3 fully saturated rings. The number of piperidine rings is 1. The molecule has 9 heteroatoms. The molecule has 7 nitrogen and oxygen atoms in total. The smallest absolute Gasteiger partial charge is 0.319 e. The van der Waals surface area contributed by atoms with Gasteiger partial charge < -0.3 is 25.3 Å². The molecule has 44 heavy (non-hydrogen) atoms. The number of carbonyl (C=O) groups is 2. The van der Waals surface area contributed by atoms with Crippen LogP contribution in [-0.2, 0) is 11.2 Å². The summed E-state index contributed by atoms with van der Waals surface area (Å²) in [7, 11) is 3.69. The quantitative estimate of drug-likeness (QED) is 0.325. The van der Waals surface area contributed by atoms with Crippen LogP contribution in [0.25, 0.3) is 0 Å². The summed E-state index contributed by atoms with van der Waals surface area (Å²) in [5.41, 5.74) is 2.03. The molecule has 2 aromatic carbocycles. The number of carbonyl (C=O) groups excluding carboxylic acids is 2. The molecule has 2 saturated carbocycles. The molecule has 5 rings (SSSR count). The number of hydrogen-bond donors (Lipinski definition) is 2. The lowest BCUT2D eigenvalue weighted by Crippen LogP contribution is -2.58. The molecule has 1 saturated heterocycles. The lowest BCUT2D eigenvalue weighted by molar-refractivity contribution is -0.135. The number of anilines is 1. The molecule has 240 valence electrons. The van der Waals surface area contributed by atoms with E-state index in [9.17, 15) is 14.0 Å². The van der Waals surface area contributed by atoms with Crippen LogP contribution < -0.4 is 10.6 Å². The summed E-state index contributed by atoms with van der Waals surface area (Å²) < 4.78 is 13.3. The van der Waals surface area contributed by atoms with Gasteiger partial charge in [0.05, 0.1) is 6.04 Å². The Bertz CT molecular complexity index is 1200. The number of likely N-dealkylation sites (tertiary alicyclic amines) is 1. The Kier molecular flexibility index (Phi) is 11.4. The molecule has 0 bridgehead atoms. The summed E-state index contributed by atoms with van der Waals surface area (Å²) in [5.74, 6) is -0.0826. The van der Waals surface area contributed by atoms with Crippen LogP contribution in [0, 0.1) is 5.82 Å². The predicted octanol–water partition coefficient (Wildman–Crippen LogP) is 6.71. The van der Waals surface area contributed by atoms with Crippen LogP contribution in [0.2, 0.25) is 5.02 Å². The van der Waals surface area contributed by atoms with Crippen LogP contribution in [-0.4, -0.2) is 84.0 Å². The van der Waals surface area contributed by atoms with E-state index in [1.165, 1.54) is 31.4 Å². The Morgan fingerprint density at radius 2 is 1.43 bits per heavy atom. The second kappa shape index (κ2) is 15.4. The van der Waals surface area contributed by atoms with Crippen LogP contribution in [0.1, 0.15) is 76.2 Å². The highest BCUT2D eigenvalue weighted by atomic mass is 35.5. The minimum Gasteiger partial charge on any atom is -0.382 e. The van der Waals surface area contributed by atoms with E-state index in [0.717, 1.165) is 62.6 Å². The number of nitrogens with one attached hydrogen (secondary N) is 2. The normalized spacial score (nSPS) is 22.3. The average molecular weight is 626 g/mol. The van der Waals surface area contributed by atoms with Gasteiger partial charge in [0.1, 0.15) is 5.82 Å². The van der Waals surface area contributed by atoms with Crippen molar-refractivity contribution in [2.24, 2.45) is 0 Å². The molecular weight excluding hydrogens is 577 g/mol. The maximum absolute atomic E-state index is 14.1. The SMILES string of the molecule is CN(C)C(=O)N(C1CCCCC1)C1CCN(C(=O)[C@@H](Cc2ccc(Cl)cc2)NC2CCC(Nc3ccc(F)cc3)CC2)CC1. The minimum atomic E-state index is -0.322. The third-order valence-corrected chi connectivity index (χ3v) is 10.0. The van der Waals surface area contributed by atoms with Crippen molar-refractivity contribution in [3.63, 3.8) is 0 Å². The molecule has 3 amide bonds. The van der Waals surface area contributed by atoms with Crippen LogP contribution in [0.15, 0.2) is 48.5 Å². The van der Waals surface area contributed by atoms with Gasteiger partial charge in [0.25, 0.3) is 0 Å². The Labute approximate surface area is 267 Å². The van der Waals surface area contributed by atoms with Crippen molar-refractivity contribution in [1.29, 1.82) is 0 Å². The molecule has 0 spiro atoms. The maximum Gasteiger partial charge on any atom is 0.319 e. The third kappa shape index (κ3) is 8.66. The van der Waals surface area contributed by atoms with Crippen LogP contribution in [0.5, 0.6) is 0 Å². The van der Waals surface area contributed by atoms with Crippen molar-refractivity contribution in [2.75, 3.05) is 32.5 Å². The Morgan fingerprint density at radius 1 is 0.841 bits per heavy atom. The summed E-state index contributed by atoms with van der Waals surface area (Å²) in [4.78, 5) is 33.3. The van der Waals surface area contributed by atoms with Gasteiger partial charge in [-0.3, -0.25) is 4.79 Å². The first-order valence-corrected chi connectivity index (χ1v) is 17.0. The number of hydrogen-bond acceptors (Lipinski definition) is 4. The molecule has 0 aromatic heterocycles. The van der Waals surface area contributed by atoms with Gasteiger partial charge in [-0.1, -0.05) is 43.0 Å². The predicted molar refractivity (Wildman–Crippen MR) is 176 cm³/mol. The maximum atomic E-state index is 14.1. The number of amides is 3. The number of benzene rings is 2. The van der Waals surface area contributed by atoms with Crippen molar-refractivity contribution in [3.05, 3.63) is 64.9 Å². The first-order chi connectivity index (χ1) is 21.3. The number of halogens is 2. The van der Waals surface area contributed by atoms with Crippen molar-refractivity contribution in [1.82, 2.24) is 20.0 Å². The number of nitrogens with zero attached hydrogens (tertiary/aromatic N) is 3. The van der Waals surface area contributed by atoms with Gasteiger partial charge in [-0.2, -0.15) is 0 Å². The van der Waals surface area contributed by atoms with E-state index >= 15 is 0 Å². The lowest BCUT2D eigenvalue weighted by atomic mass is 9.89. The van der Waals surface area contributed by atoms with E-state index < -0.39 is 0 Å². The third-order valence-electron chi connectivity index (χ3n) is 9.77. The van der Waals surface area contributed by atoms with Crippen molar-refractivity contribution in [3.8, 4) is 0 Å². The van der Waals surface area contributed by atoms with E-state index in [2.05, 4.69) is 15.5 Å². The van der Waals surface area contributed by atoms with Gasteiger partial charge in [-0.25, -0.2) is 9.18 Å². The molecular formula is C35H49ClFN5O2. The van der Waals surface area contributed by atoms with Crippen LogP contribution in [0.3, 0.4) is 0 Å². The van der Waals surface area contributed by atoms with Crippen molar-refractivity contribution in [2.45, 2.75) is 107 Å². The highest BCUT2D eigenvalue weighted by molar-refractivity contribution is 6.30. The molecule has 0 unspecified atom stereocenters. The fourth-order valence-electron chi connectivity index (χ4n) is 7.33. The molecule has 1 aliphatic heterocycles. The Hall–Kier alpha value is -2.84. The summed E-state index contributed by atoms with van der Waals surface area (Å²) in [6.07, 6.45) is 11.9. The van der Waals surface area contributed by atoms with E-state index in [1.807, 2.05) is 43.3 Å². The van der Waals surface area contributed by atoms with Crippen LogP contribution in [0.4, 0.5) is 14.9 Å². The minimum absolute atomic E-state index is 0.105. The summed E-state index contributed by atoms with van der Waals surface area (Å²) in [5, 5.41) is 7.98. The highest BCUT2D eigenvalue weighted by Gasteiger charge is 2.37. The van der Waals surface area contributed by atoms with Gasteiger partial charge in [0, 0.05) is 62.1 Å². The molecule has 2 N–H and O–H groups in total. The monoisotopic (exact) mass is 625 g/mol. The van der Waals surface area contributed by atoms with Gasteiger partial charge >= 0.3 is 6.03 Å². The Morgan fingerprint density at radius 3 is 2.05 bits per heavy atom. The topological polar surface area (TPSA) is 67.9 Å². The van der Waals surface area contributed by atoms with Crippen molar-refractivity contribution >= 4 is 29.2 Å². The average Bonchev–Trinajstić information content (AvgIpc) is 3.04. The molecule has 2 aliphatic carbocycles. The fourth-order valence-corrected chi connectivity index (χ4v) is 7.46. The standard InChI is InChI=1S/C35H49ClFN5O2/c1-40(2)35(44)42(31-6-4-3-5-7-31)32-20-22-41(23-21-32)34(43)33(24-25-8-10-26(36)11-9-25)39-30-18-16-29(17-19-30)38-28-14-12-27(37)13-15-28/h8-15,29-33,38-39H,3-7,16-24H2,1-2H3/t29?,30?,33-/m1/s1. The zero-order valence-electron chi connectivity index (χ0n) is 26.3. The van der Waals surface area contributed by atoms with Crippen LogP contribution >= 0.6 is 11.6 Å². The molecule has 2 aromatic rings. The second-order valence-corrected chi connectivity index (χ2v) is 13.6. The lowest BCUT2D eigenvalue weighted by Gasteiger charge is -2.45. The van der Waals surface area contributed by atoms with E-state index in [-0.39, 0.29) is 35.9 Å². The molecule has 1 atom stereocenters. The molecule has 3 aliphatic rings. The van der Waals surface area contributed by atoms with E-state index in [0.29, 0.717) is 36.6 Å². The zero-order chi connectivity index (χ0) is 31.1. The summed E-state index contributed by atoms with van der Waals surface area (Å²) >= 11 is 6.16. The van der Waals surface area contributed by atoms with Gasteiger partial charge in [-0.15, -0.1) is 0 Å². The van der Waals surface area contributed by atoms with E-state index in [4.69, 9.17) is 11.6 Å². The van der Waals surface area contributed by atoms with Gasteiger partial charge in [0.15, 0.2) is 0 Å². The van der Waals surface area contributed by atoms with E-state index in [1.54, 1.807) is 17.0 Å². The number of urea groups is 1. The Balaban J connectivity index is 1.20. The number of rotatable bonds is 9. The first-order valence-electron chi connectivity index (χ1n) is 16.6. The summed E-state index contributed by atoms with van der Waals surface area (Å²) in [6, 6.07) is 15.2. The zero-order valence-corrected chi connectivity index (χ0v) is 27.1. The molecule has 0 radical (unpaired) electrons. The first kappa shape index (κ1) is 32.6. The summed E-state index contributed by atoms with van der Waals surface area (Å²) in [6.45, 7) is 1.33. The van der Waals surface area contributed by atoms with Crippen molar-refractivity contribution < 1.29 is 14.0 Å².